The molecule has 24 heavy (non-hydrogen) atoms. The van der Waals surface area contributed by atoms with E-state index in [0.717, 1.165) is 51.4 Å². The minimum atomic E-state index is 0.273. The minimum absolute atomic E-state index is 0.273. The molecule has 0 aromatic carbocycles. The molecule has 1 unspecified atom stereocenters. The molecule has 1 atom stereocenters. The fourth-order valence-corrected chi connectivity index (χ4v) is 5.90. The Balaban J connectivity index is 1.57. The third-order valence-corrected chi connectivity index (χ3v) is 7.53. The molecule has 0 radical (unpaired) electrons. The summed E-state index contributed by atoms with van der Waals surface area (Å²) in [5.41, 5.74) is 0. The zero-order valence-electron chi connectivity index (χ0n) is 12.9. The number of nitrogens with zero attached hydrogens (tertiary/aromatic N) is 3. The van der Waals surface area contributed by atoms with E-state index in [0.29, 0.717) is 0 Å². The summed E-state index contributed by atoms with van der Waals surface area (Å²) >= 11 is 8.73. The molecule has 0 N–H and O–H groups in total. The Labute approximate surface area is 161 Å². The van der Waals surface area contributed by atoms with Crippen LogP contribution in [0, 0.1) is 0 Å². The number of thiophene rings is 2. The van der Waals surface area contributed by atoms with Crippen LogP contribution < -0.4 is 0 Å². The summed E-state index contributed by atoms with van der Waals surface area (Å²) in [7, 11) is 0. The SMILES string of the molecule is Brc1ccc(CSc2nnc(-c3cccs3)n2CC2CCCO2)s1. The lowest BCUT2D eigenvalue weighted by Crippen LogP contribution is -2.16. The number of rotatable bonds is 6. The zero-order valence-corrected chi connectivity index (χ0v) is 16.9. The minimum Gasteiger partial charge on any atom is -0.376 e. The molecular weight excluding hydrogens is 426 g/mol. The van der Waals surface area contributed by atoms with Crippen molar-refractivity contribution in [3.63, 3.8) is 0 Å². The summed E-state index contributed by atoms with van der Waals surface area (Å²) in [6.07, 6.45) is 2.53. The zero-order chi connectivity index (χ0) is 16.4. The molecule has 1 aliphatic heterocycles. The van der Waals surface area contributed by atoms with Crippen molar-refractivity contribution in [2.24, 2.45) is 0 Å². The molecule has 1 aliphatic rings. The smallest absolute Gasteiger partial charge is 0.191 e. The summed E-state index contributed by atoms with van der Waals surface area (Å²) in [5.74, 6) is 1.86. The van der Waals surface area contributed by atoms with Crippen LogP contribution in [0.4, 0.5) is 0 Å². The maximum absolute atomic E-state index is 5.83. The summed E-state index contributed by atoms with van der Waals surface area (Å²) in [4.78, 5) is 2.49. The van der Waals surface area contributed by atoms with Gasteiger partial charge in [-0.25, -0.2) is 0 Å². The average Bonchev–Trinajstić information content (AvgIpc) is 3.34. The fourth-order valence-electron chi connectivity index (χ4n) is 2.71. The van der Waals surface area contributed by atoms with Crippen molar-refractivity contribution in [2.75, 3.05) is 6.61 Å². The molecule has 4 rings (SSSR count). The van der Waals surface area contributed by atoms with Gasteiger partial charge in [-0.05, 0) is 52.4 Å². The maximum atomic E-state index is 5.83. The monoisotopic (exact) mass is 441 g/mol. The Morgan fingerprint density at radius 1 is 1.33 bits per heavy atom. The Bertz CT molecular complexity index is 793. The number of hydrogen-bond acceptors (Lipinski definition) is 6. The maximum Gasteiger partial charge on any atom is 0.191 e. The molecule has 126 valence electrons. The first kappa shape index (κ1) is 16.8. The first-order chi connectivity index (χ1) is 11.8. The Kier molecular flexibility index (Phi) is 5.38. The van der Waals surface area contributed by atoms with Crippen molar-refractivity contribution in [3.05, 3.63) is 38.3 Å². The van der Waals surface area contributed by atoms with Gasteiger partial charge in [-0.15, -0.1) is 32.9 Å². The van der Waals surface area contributed by atoms with Crippen molar-refractivity contribution in [1.82, 2.24) is 14.8 Å². The highest BCUT2D eigenvalue weighted by Gasteiger charge is 2.22. The summed E-state index contributed by atoms with van der Waals surface area (Å²) in [6.45, 7) is 1.70. The summed E-state index contributed by atoms with van der Waals surface area (Å²) in [6, 6.07) is 8.41. The van der Waals surface area contributed by atoms with Gasteiger partial charge in [0.15, 0.2) is 11.0 Å². The van der Waals surface area contributed by atoms with Crippen LogP contribution in [0.25, 0.3) is 10.7 Å². The van der Waals surface area contributed by atoms with Gasteiger partial charge >= 0.3 is 0 Å². The van der Waals surface area contributed by atoms with Gasteiger partial charge in [0.05, 0.1) is 21.3 Å². The largest absolute Gasteiger partial charge is 0.376 e. The van der Waals surface area contributed by atoms with Crippen molar-refractivity contribution in [1.29, 1.82) is 0 Å². The molecule has 8 heteroatoms. The summed E-state index contributed by atoms with van der Waals surface area (Å²) < 4.78 is 9.23. The second kappa shape index (κ2) is 7.70. The highest BCUT2D eigenvalue weighted by atomic mass is 79.9. The van der Waals surface area contributed by atoms with Crippen molar-refractivity contribution in [2.45, 2.75) is 36.4 Å². The number of hydrogen-bond donors (Lipinski definition) is 0. The van der Waals surface area contributed by atoms with Gasteiger partial charge in [-0.3, -0.25) is 4.57 Å². The third-order valence-electron chi connectivity index (χ3n) is 3.84. The second-order valence-electron chi connectivity index (χ2n) is 5.52. The Morgan fingerprint density at radius 3 is 3.00 bits per heavy atom. The molecule has 1 saturated heterocycles. The Hall–Kier alpha value is -0.670. The van der Waals surface area contributed by atoms with E-state index in [1.54, 1.807) is 34.4 Å². The molecule has 1 fully saturated rings. The molecule has 3 aromatic heterocycles. The van der Waals surface area contributed by atoms with Crippen LogP contribution in [0.5, 0.6) is 0 Å². The van der Waals surface area contributed by atoms with Crippen LogP contribution >= 0.6 is 50.4 Å². The topological polar surface area (TPSA) is 39.9 Å². The van der Waals surface area contributed by atoms with Crippen molar-refractivity contribution >= 4 is 50.4 Å². The van der Waals surface area contributed by atoms with Crippen LogP contribution in [-0.4, -0.2) is 27.5 Å². The van der Waals surface area contributed by atoms with Crippen LogP contribution in [0.15, 0.2) is 38.6 Å². The lowest BCUT2D eigenvalue weighted by atomic mass is 10.2. The van der Waals surface area contributed by atoms with Gasteiger partial charge in [0.25, 0.3) is 0 Å². The highest BCUT2D eigenvalue weighted by molar-refractivity contribution is 9.11. The average molecular weight is 442 g/mol. The lowest BCUT2D eigenvalue weighted by molar-refractivity contribution is 0.0953. The van der Waals surface area contributed by atoms with E-state index in [1.807, 2.05) is 0 Å². The number of thioether (sulfide) groups is 1. The van der Waals surface area contributed by atoms with E-state index in [2.05, 4.69) is 60.3 Å². The van der Waals surface area contributed by atoms with Gasteiger partial charge in [0.2, 0.25) is 0 Å². The van der Waals surface area contributed by atoms with Gasteiger partial charge in [-0.2, -0.15) is 0 Å². The number of ether oxygens (including phenoxy) is 1. The van der Waals surface area contributed by atoms with E-state index >= 15 is 0 Å². The van der Waals surface area contributed by atoms with E-state index in [9.17, 15) is 0 Å². The standard InChI is InChI=1S/C16H16BrN3OS3/c17-14-6-5-12(24-14)10-23-16-19-18-15(13-4-2-8-22-13)20(16)9-11-3-1-7-21-11/h2,4-6,8,11H,1,3,7,9-10H2. The molecule has 0 saturated carbocycles. The van der Waals surface area contributed by atoms with E-state index < -0.39 is 0 Å². The van der Waals surface area contributed by atoms with Gasteiger partial charge in [0.1, 0.15) is 0 Å². The van der Waals surface area contributed by atoms with Crippen molar-refractivity contribution in [3.8, 4) is 10.7 Å². The van der Waals surface area contributed by atoms with E-state index in [4.69, 9.17) is 4.74 Å². The highest BCUT2D eigenvalue weighted by Crippen LogP contribution is 2.32. The Morgan fingerprint density at radius 2 is 2.29 bits per heavy atom. The first-order valence-corrected chi connectivity index (χ1v) is 11.2. The molecule has 3 aromatic rings. The van der Waals surface area contributed by atoms with Gasteiger partial charge in [-0.1, -0.05) is 17.8 Å². The molecular formula is C16H16BrN3OS3. The van der Waals surface area contributed by atoms with Gasteiger partial charge < -0.3 is 4.74 Å². The normalized spacial score (nSPS) is 17.6. The molecule has 0 spiro atoms. The molecule has 0 aliphatic carbocycles. The van der Waals surface area contributed by atoms with Crippen LogP contribution in [0.2, 0.25) is 0 Å². The molecule has 4 nitrogen and oxygen atoms in total. The molecule has 0 bridgehead atoms. The number of aromatic nitrogens is 3. The first-order valence-electron chi connectivity index (χ1n) is 7.75. The predicted octanol–water partition coefficient (Wildman–Crippen LogP) is 5.30. The summed E-state index contributed by atoms with van der Waals surface area (Å²) in [5, 5.41) is 12.0. The van der Waals surface area contributed by atoms with E-state index in [-0.39, 0.29) is 6.10 Å². The van der Waals surface area contributed by atoms with Crippen LogP contribution in [-0.2, 0) is 17.0 Å². The van der Waals surface area contributed by atoms with Crippen LogP contribution in [0.1, 0.15) is 17.7 Å². The molecule has 0 amide bonds. The molecule has 4 heterocycles. The lowest BCUT2D eigenvalue weighted by Gasteiger charge is -2.14. The fraction of sp³-hybridized carbons (Fsp3) is 0.375. The second-order valence-corrected chi connectivity index (χ2v) is 9.96. The quantitative estimate of drug-likeness (QED) is 0.486. The van der Waals surface area contributed by atoms with Crippen molar-refractivity contribution < 1.29 is 4.74 Å². The third kappa shape index (κ3) is 3.77. The van der Waals surface area contributed by atoms with E-state index in [1.165, 1.54) is 4.88 Å². The van der Waals surface area contributed by atoms with Crippen LogP contribution in [0.3, 0.4) is 0 Å². The number of halogens is 1. The van der Waals surface area contributed by atoms with Gasteiger partial charge in [0, 0.05) is 17.2 Å². The predicted molar refractivity (Wildman–Crippen MR) is 104 cm³/mol.